The molecule has 2 unspecified atom stereocenters. The van der Waals surface area contributed by atoms with Gasteiger partial charge in [0, 0.05) is 22.0 Å². The van der Waals surface area contributed by atoms with Crippen LogP contribution in [0.4, 0.5) is 5.69 Å². The van der Waals surface area contributed by atoms with Crippen LogP contribution >= 0.6 is 15.9 Å². The molecule has 0 aromatic heterocycles. The maximum Gasteiger partial charge on any atom is 0.159 e. The molecule has 0 aliphatic heterocycles. The van der Waals surface area contributed by atoms with Crippen LogP contribution in [0.25, 0.3) is 0 Å². The fourth-order valence-corrected chi connectivity index (χ4v) is 2.88. The van der Waals surface area contributed by atoms with Crippen molar-refractivity contribution < 1.29 is 4.79 Å². The smallest absolute Gasteiger partial charge is 0.159 e. The van der Waals surface area contributed by atoms with Crippen LogP contribution in [0.5, 0.6) is 0 Å². The number of ketones is 1. The van der Waals surface area contributed by atoms with Crippen LogP contribution in [0.15, 0.2) is 46.9 Å². The van der Waals surface area contributed by atoms with E-state index < -0.39 is 0 Å². The summed E-state index contributed by atoms with van der Waals surface area (Å²) in [5.41, 5.74) is 3.25. The number of rotatable bonds is 4. The van der Waals surface area contributed by atoms with Crippen LogP contribution in [0, 0.1) is 11.3 Å². The van der Waals surface area contributed by atoms with Crippen molar-refractivity contribution >= 4 is 27.4 Å². The molecule has 0 amide bonds. The number of hydrogen-bond acceptors (Lipinski definition) is 3. The SMILES string of the molecule is CC(=O)c1ccc(C#N)c(NC2CC2c2ccc(Br)cc2)c1. The first-order chi connectivity index (χ1) is 10.6. The van der Waals surface area contributed by atoms with Crippen molar-refractivity contribution in [3.63, 3.8) is 0 Å². The zero-order valence-corrected chi connectivity index (χ0v) is 13.7. The number of anilines is 1. The van der Waals surface area contributed by atoms with Crippen molar-refractivity contribution in [1.82, 2.24) is 0 Å². The summed E-state index contributed by atoms with van der Waals surface area (Å²) in [6.45, 7) is 1.53. The molecule has 2 aromatic rings. The highest BCUT2D eigenvalue weighted by atomic mass is 79.9. The van der Waals surface area contributed by atoms with Gasteiger partial charge in [-0.2, -0.15) is 5.26 Å². The Hall–Kier alpha value is -2.12. The van der Waals surface area contributed by atoms with E-state index in [0.717, 1.165) is 16.6 Å². The van der Waals surface area contributed by atoms with Gasteiger partial charge in [0.05, 0.1) is 11.3 Å². The Morgan fingerprint density at radius 3 is 2.64 bits per heavy atom. The summed E-state index contributed by atoms with van der Waals surface area (Å²) in [6.07, 6.45) is 1.04. The lowest BCUT2D eigenvalue weighted by Crippen LogP contribution is -2.07. The third kappa shape index (κ3) is 3.05. The molecule has 0 heterocycles. The Kier molecular flexibility index (Phi) is 4.00. The van der Waals surface area contributed by atoms with Crippen molar-refractivity contribution in [1.29, 1.82) is 5.26 Å². The van der Waals surface area contributed by atoms with Crippen LogP contribution in [0.3, 0.4) is 0 Å². The fourth-order valence-electron chi connectivity index (χ4n) is 2.61. The first-order valence-corrected chi connectivity index (χ1v) is 7.95. The lowest BCUT2D eigenvalue weighted by molar-refractivity contribution is 0.101. The number of nitrogens with one attached hydrogen (secondary N) is 1. The maximum absolute atomic E-state index is 11.5. The highest BCUT2D eigenvalue weighted by Crippen LogP contribution is 2.43. The van der Waals surface area contributed by atoms with Gasteiger partial charge in [-0.1, -0.05) is 28.1 Å². The summed E-state index contributed by atoms with van der Waals surface area (Å²) in [5, 5.41) is 12.6. The van der Waals surface area contributed by atoms with Gasteiger partial charge in [0.25, 0.3) is 0 Å². The predicted octanol–water partition coefficient (Wildman–Crippen LogP) is 4.49. The van der Waals surface area contributed by atoms with E-state index in [0.29, 0.717) is 23.1 Å². The number of halogens is 1. The van der Waals surface area contributed by atoms with Crippen LogP contribution in [0.2, 0.25) is 0 Å². The normalized spacial score (nSPS) is 19.3. The van der Waals surface area contributed by atoms with Crippen molar-refractivity contribution in [3.8, 4) is 6.07 Å². The van der Waals surface area contributed by atoms with E-state index in [4.69, 9.17) is 0 Å². The quantitative estimate of drug-likeness (QED) is 0.822. The molecule has 1 aliphatic carbocycles. The molecule has 4 heteroatoms. The van der Waals surface area contributed by atoms with E-state index in [9.17, 15) is 10.1 Å². The Labute approximate surface area is 138 Å². The van der Waals surface area contributed by atoms with E-state index in [-0.39, 0.29) is 5.78 Å². The second-order valence-corrected chi connectivity index (χ2v) is 6.49. The van der Waals surface area contributed by atoms with Gasteiger partial charge in [0.15, 0.2) is 5.78 Å². The summed E-state index contributed by atoms with van der Waals surface area (Å²) in [6, 6.07) is 16.0. The Balaban J connectivity index is 1.77. The molecular formula is C18H15BrN2O. The van der Waals surface area contributed by atoms with E-state index in [1.807, 2.05) is 12.1 Å². The largest absolute Gasteiger partial charge is 0.381 e. The summed E-state index contributed by atoms with van der Waals surface area (Å²) < 4.78 is 1.07. The average molecular weight is 355 g/mol. The van der Waals surface area contributed by atoms with Crippen molar-refractivity contribution in [2.75, 3.05) is 5.32 Å². The van der Waals surface area contributed by atoms with Crippen molar-refractivity contribution in [2.24, 2.45) is 0 Å². The molecule has 0 radical (unpaired) electrons. The van der Waals surface area contributed by atoms with Crippen LogP contribution < -0.4 is 5.32 Å². The molecule has 1 saturated carbocycles. The lowest BCUT2D eigenvalue weighted by atomic mass is 10.1. The standard InChI is InChI=1S/C18H15BrN2O/c1-11(22)13-2-3-14(10-20)17(8-13)21-18-9-16(18)12-4-6-15(19)7-5-12/h2-8,16,18,21H,9H2,1H3. The molecule has 0 saturated heterocycles. The molecular weight excluding hydrogens is 340 g/mol. The minimum atomic E-state index is 0.00722. The zero-order chi connectivity index (χ0) is 15.7. The molecule has 0 bridgehead atoms. The number of nitrogens with zero attached hydrogens (tertiary/aromatic N) is 1. The topological polar surface area (TPSA) is 52.9 Å². The molecule has 22 heavy (non-hydrogen) atoms. The third-order valence-corrected chi connectivity index (χ3v) is 4.50. The predicted molar refractivity (Wildman–Crippen MR) is 90.1 cm³/mol. The second kappa shape index (κ2) is 5.94. The fraction of sp³-hybridized carbons (Fsp3) is 0.222. The van der Waals surface area contributed by atoms with Gasteiger partial charge < -0.3 is 5.32 Å². The number of hydrogen-bond donors (Lipinski definition) is 1. The van der Waals surface area contributed by atoms with Gasteiger partial charge in [-0.3, -0.25) is 4.79 Å². The molecule has 0 spiro atoms. The van der Waals surface area contributed by atoms with Gasteiger partial charge in [0.1, 0.15) is 6.07 Å². The summed E-state index contributed by atoms with van der Waals surface area (Å²) in [5.74, 6) is 0.466. The minimum Gasteiger partial charge on any atom is -0.381 e. The molecule has 1 fully saturated rings. The summed E-state index contributed by atoms with van der Waals surface area (Å²) >= 11 is 3.44. The molecule has 1 aliphatic rings. The molecule has 1 N–H and O–H groups in total. The first kappa shape index (κ1) is 14.8. The van der Waals surface area contributed by atoms with E-state index in [2.05, 4.69) is 39.4 Å². The number of Topliss-reactive ketones (excluding diaryl/α,β-unsaturated/α-hetero) is 1. The minimum absolute atomic E-state index is 0.00722. The zero-order valence-electron chi connectivity index (χ0n) is 12.1. The van der Waals surface area contributed by atoms with E-state index in [1.54, 1.807) is 18.2 Å². The monoisotopic (exact) mass is 354 g/mol. The van der Waals surface area contributed by atoms with Crippen LogP contribution in [0.1, 0.15) is 40.7 Å². The van der Waals surface area contributed by atoms with Gasteiger partial charge in [0.2, 0.25) is 0 Å². The lowest BCUT2D eigenvalue weighted by Gasteiger charge is -2.09. The molecule has 3 nitrogen and oxygen atoms in total. The number of carbonyl (C=O) groups is 1. The van der Waals surface area contributed by atoms with Crippen molar-refractivity contribution in [3.05, 3.63) is 63.6 Å². The number of nitriles is 1. The van der Waals surface area contributed by atoms with Crippen LogP contribution in [-0.2, 0) is 0 Å². The van der Waals surface area contributed by atoms with Gasteiger partial charge in [-0.05, 0) is 49.2 Å². The highest BCUT2D eigenvalue weighted by molar-refractivity contribution is 9.10. The first-order valence-electron chi connectivity index (χ1n) is 7.15. The summed E-state index contributed by atoms with van der Waals surface area (Å²) in [4.78, 5) is 11.5. The van der Waals surface area contributed by atoms with Gasteiger partial charge in [-0.15, -0.1) is 0 Å². The second-order valence-electron chi connectivity index (χ2n) is 5.57. The van der Waals surface area contributed by atoms with E-state index >= 15 is 0 Å². The molecule has 2 atom stereocenters. The van der Waals surface area contributed by atoms with Gasteiger partial charge in [-0.25, -0.2) is 0 Å². The molecule has 110 valence electrons. The van der Waals surface area contributed by atoms with Gasteiger partial charge >= 0.3 is 0 Å². The Bertz CT molecular complexity index is 762. The van der Waals surface area contributed by atoms with Crippen LogP contribution in [-0.4, -0.2) is 11.8 Å². The maximum atomic E-state index is 11.5. The van der Waals surface area contributed by atoms with Crippen molar-refractivity contribution in [2.45, 2.75) is 25.3 Å². The number of benzene rings is 2. The Morgan fingerprint density at radius 1 is 1.27 bits per heavy atom. The molecule has 3 rings (SSSR count). The number of carbonyl (C=O) groups excluding carboxylic acids is 1. The molecule has 2 aromatic carbocycles. The highest BCUT2D eigenvalue weighted by Gasteiger charge is 2.38. The Morgan fingerprint density at radius 2 is 2.00 bits per heavy atom. The van der Waals surface area contributed by atoms with E-state index in [1.165, 1.54) is 12.5 Å². The third-order valence-electron chi connectivity index (χ3n) is 3.98. The summed E-state index contributed by atoms with van der Waals surface area (Å²) in [7, 11) is 0. The average Bonchev–Trinajstić information content (AvgIpc) is 3.27.